The molecule has 0 fully saturated rings. The van der Waals surface area contributed by atoms with Crippen molar-refractivity contribution in [2.45, 2.75) is 6.54 Å². The van der Waals surface area contributed by atoms with E-state index in [0.29, 0.717) is 28.0 Å². The van der Waals surface area contributed by atoms with Gasteiger partial charge in [0, 0.05) is 16.6 Å². The first-order valence-corrected chi connectivity index (χ1v) is 8.74. The Hall–Kier alpha value is -1.43. The molecule has 0 spiro atoms. The van der Waals surface area contributed by atoms with Crippen molar-refractivity contribution in [3.05, 3.63) is 58.1 Å². The van der Waals surface area contributed by atoms with E-state index in [4.69, 9.17) is 23.2 Å². The standard InChI is InChI=1S/C14H14Cl2N2O2S/c1-21(19,20)18-14-5-3-2-4-13(14)17-9-10-6-11(15)8-12(16)7-10/h2-8,17-18H,9H2,1H3. The Kier molecular flexibility index (Phi) is 4.98. The zero-order chi connectivity index (χ0) is 15.5. The Bertz CT molecular complexity index is 728. The molecule has 7 heteroatoms. The van der Waals surface area contributed by atoms with E-state index >= 15 is 0 Å². The van der Waals surface area contributed by atoms with E-state index in [-0.39, 0.29) is 0 Å². The summed E-state index contributed by atoms with van der Waals surface area (Å²) in [5.41, 5.74) is 2.08. The second kappa shape index (κ2) is 6.56. The summed E-state index contributed by atoms with van der Waals surface area (Å²) in [7, 11) is -3.33. The third-order valence-corrected chi connectivity index (χ3v) is 3.65. The van der Waals surface area contributed by atoms with Gasteiger partial charge in [-0.15, -0.1) is 0 Å². The number of benzene rings is 2. The number of rotatable bonds is 5. The van der Waals surface area contributed by atoms with Crippen LogP contribution in [0.5, 0.6) is 0 Å². The van der Waals surface area contributed by atoms with Crippen LogP contribution in [-0.4, -0.2) is 14.7 Å². The first-order chi connectivity index (χ1) is 9.83. The van der Waals surface area contributed by atoms with E-state index in [1.807, 2.05) is 6.07 Å². The van der Waals surface area contributed by atoms with E-state index in [2.05, 4.69) is 10.0 Å². The van der Waals surface area contributed by atoms with Crippen LogP contribution in [-0.2, 0) is 16.6 Å². The van der Waals surface area contributed by atoms with E-state index < -0.39 is 10.0 Å². The summed E-state index contributed by atoms with van der Waals surface area (Å²) >= 11 is 11.9. The minimum Gasteiger partial charge on any atom is -0.379 e. The molecule has 0 unspecified atom stereocenters. The Labute approximate surface area is 134 Å². The van der Waals surface area contributed by atoms with Gasteiger partial charge in [0.15, 0.2) is 0 Å². The molecule has 2 rings (SSSR count). The Morgan fingerprint density at radius 2 is 1.57 bits per heavy atom. The van der Waals surface area contributed by atoms with Gasteiger partial charge >= 0.3 is 0 Å². The van der Waals surface area contributed by atoms with Crippen LogP contribution in [0.2, 0.25) is 10.0 Å². The fourth-order valence-corrected chi connectivity index (χ4v) is 2.99. The number of para-hydroxylation sites is 2. The molecule has 0 aliphatic rings. The Balaban J connectivity index is 2.16. The van der Waals surface area contributed by atoms with Gasteiger partial charge in [0.1, 0.15) is 0 Å². The largest absolute Gasteiger partial charge is 0.379 e. The lowest BCUT2D eigenvalue weighted by atomic mass is 10.2. The highest BCUT2D eigenvalue weighted by Gasteiger charge is 2.07. The quantitative estimate of drug-likeness (QED) is 0.862. The monoisotopic (exact) mass is 344 g/mol. The van der Waals surface area contributed by atoms with Crippen molar-refractivity contribution in [3.63, 3.8) is 0 Å². The van der Waals surface area contributed by atoms with E-state index in [9.17, 15) is 8.42 Å². The molecule has 0 aliphatic carbocycles. The zero-order valence-corrected chi connectivity index (χ0v) is 13.6. The lowest BCUT2D eigenvalue weighted by molar-refractivity contribution is 0.607. The summed E-state index contributed by atoms with van der Waals surface area (Å²) in [4.78, 5) is 0. The highest BCUT2D eigenvalue weighted by Crippen LogP contribution is 2.24. The van der Waals surface area contributed by atoms with Crippen molar-refractivity contribution in [1.82, 2.24) is 0 Å². The van der Waals surface area contributed by atoms with Crippen LogP contribution in [0.1, 0.15) is 5.56 Å². The van der Waals surface area contributed by atoms with Gasteiger partial charge in [0.2, 0.25) is 10.0 Å². The van der Waals surface area contributed by atoms with E-state index in [1.165, 1.54) is 0 Å². The molecule has 21 heavy (non-hydrogen) atoms. The fourth-order valence-electron chi connectivity index (χ4n) is 1.84. The second-order valence-corrected chi connectivity index (χ2v) is 7.17. The first-order valence-electron chi connectivity index (χ1n) is 6.09. The average molecular weight is 345 g/mol. The predicted molar refractivity (Wildman–Crippen MR) is 88.7 cm³/mol. The Morgan fingerprint density at radius 3 is 2.14 bits per heavy atom. The number of hydrogen-bond acceptors (Lipinski definition) is 3. The molecule has 0 saturated heterocycles. The van der Waals surface area contributed by atoms with Crippen molar-refractivity contribution in [2.24, 2.45) is 0 Å². The van der Waals surface area contributed by atoms with Crippen LogP contribution in [0.25, 0.3) is 0 Å². The molecule has 4 nitrogen and oxygen atoms in total. The molecule has 0 radical (unpaired) electrons. The highest BCUT2D eigenvalue weighted by molar-refractivity contribution is 7.92. The van der Waals surface area contributed by atoms with Crippen LogP contribution in [0.15, 0.2) is 42.5 Å². The van der Waals surface area contributed by atoms with Crippen LogP contribution in [0, 0.1) is 0 Å². The van der Waals surface area contributed by atoms with Gasteiger partial charge in [-0.1, -0.05) is 35.3 Å². The number of nitrogens with one attached hydrogen (secondary N) is 2. The number of anilines is 2. The van der Waals surface area contributed by atoms with Crippen molar-refractivity contribution in [2.75, 3.05) is 16.3 Å². The van der Waals surface area contributed by atoms with Gasteiger partial charge in [0.05, 0.1) is 17.6 Å². The van der Waals surface area contributed by atoms with Gasteiger partial charge in [-0.05, 0) is 35.9 Å². The van der Waals surface area contributed by atoms with Crippen molar-refractivity contribution >= 4 is 44.6 Å². The third-order valence-electron chi connectivity index (χ3n) is 2.63. The normalized spacial score (nSPS) is 11.2. The van der Waals surface area contributed by atoms with Crippen molar-refractivity contribution in [1.29, 1.82) is 0 Å². The van der Waals surface area contributed by atoms with Gasteiger partial charge < -0.3 is 5.32 Å². The minimum atomic E-state index is -3.33. The highest BCUT2D eigenvalue weighted by atomic mass is 35.5. The smallest absolute Gasteiger partial charge is 0.229 e. The molecule has 0 amide bonds. The SMILES string of the molecule is CS(=O)(=O)Nc1ccccc1NCc1cc(Cl)cc(Cl)c1. The third kappa shape index (κ3) is 5.12. The molecule has 0 heterocycles. The Morgan fingerprint density at radius 1 is 1.00 bits per heavy atom. The second-order valence-electron chi connectivity index (χ2n) is 4.55. The van der Waals surface area contributed by atoms with Crippen LogP contribution < -0.4 is 10.0 Å². The lowest BCUT2D eigenvalue weighted by Gasteiger charge is -2.13. The zero-order valence-electron chi connectivity index (χ0n) is 11.2. The molecule has 2 aromatic rings. The summed E-state index contributed by atoms with van der Waals surface area (Å²) in [5.74, 6) is 0. The van der Waals surface area contributed by atoms with Gasteiger partial charge in [-0.25, -0.2) is 8.42 Å². The predicted octanol–water partition coefficient (Wildman–Crippen LogP) is 3.98. The number of sulfonamides is 1. The minimum absolute atomic E-state index is 0.475. The molecule has 0 atom stereocenters. The summed E-state index contributed by atoms with van der Waals surface area (Å²) in [6.45, 7) is 0.475. The summed E-state index contributed by atoms with van der Waals surface area (Å²) in [5, 5.41) is 4.28. The first kappa shape index (κ1) is 15.9. The number of halogens is 2. The summed E-state index contributed by atoms with van der Waals surface area (Å²) < 4.78 is 25.2. The molecule has 2 aromatic carbocycles. The van der Waals surface area contributed by atoms with Crippen LogP contribution in [0.4, 0.5) is 11.4 Å². The van der Waals surface area contributed by atoms with Gasteiger partial charge in [-0.2, -0.15) is 0 Å². The van der Waals surface area contributed by atoms with Crippen molar-refractivity contribution < 1.29 is 8.42 Å². The van der Waals surface area contributed by atoms with E-state index in [0.717, 1.165) is 11.8 Å². The summed E-state index contributed by atoms with van der Waals surface area (Å²) in [6.07, 6.45) is 1.11. The average Bonchev–Trinajstić information content (AvgIpc) is 2.35. The maximum atomic E-state index is 11.3. The maximum absolute atomic E-state index is 11.3. The van der Waals surface area contributed by atoms with Crippen LogP contribution in [0.3, 0.4) is 0 Å². The number of hydrogen-bond donors (Lipinski definition) is 2. The molecule has 112 valence electrons. The molecule has 0 bridgehead atoms. The molecular weight excluding hydrogens is 331 g/mol. The maximum Gasteiger partial charge on any atom is 0.229 e. The van der Waals surface area contributed by atoms with Crippen molar-refractivity contribution in [3.8, 4) is 0 Å². The topological polar surface area (TPSA) is 58.2 Å². The molecule has 2 N–H and O–H groups in total. The summed E-state index contributed by atoms with van der Waals surface area (Å²) in [6, 6.07) is 12.3. The fraction of sp³-hybridized carbons (Fsp3) is 0.143. The van der Waals surface area contributed by atoms with Gasteiger partial charge in [0.25, 0.3) is 0 Å². The van der Waals surface area contributed by atoms with Gasteiger partial charge in [-0.3, -0.25) is 4.72 Å². The lowest BCUT2D eigenvalue weighted by Crippen LogP contribution is -2.11. The van der Waals surface area contributed by atoms with Crippen LogP contribution >= 0.6 is 23.2 Å². The molecular formula is C14H14Cl2N2O2S. The molecule has 0 aliphatic heterocycles. The molecule has 0 saturated carbocycles. The molecule has 0 aromatic heterocycles. The van der Waals surface area contributed by atoms with E-state index in [1.54, 1.807) is 36.4 Å².